The van der Waals surface area contributed by atoms with Gasteiger partial charge in [-0.05, 0) is 25.0 Å². The van der Waals surface area contributed by atoms with E-state index in [9.17, 15) is 9.59 Å². The van der Waals surface area contributed by atoms with E-state index >= 15 is 0 Å². The number of carbonyl (C=O) groups is 2. The quantitative estimate of drug-likeness (QED) is 0.619. The van der Waals surface area contributed by atoms with Crippen molar-refractivity contribution in [1.82, 2.24) is 4.90 Å². The summed E-state index contributed by atoms with van der Waals surface area (Å²) in [6.07, 6.45) is 4.24. The molecule has 0 N–H and O–H groups in total. The summed E-state index contributed by atoms with van der Waals surface area (Å²) in [5.41, 5.74) is 0.397. The summed E-state index contributed by atoms with van der Waals surface area (Å²) in [6.45, 7) is 1.38. The molecule has 0 radical (unpaired) electrons. The van der Waals surface area contributed by atoms with Crippen molar-refractivity contribution in [2.75, 3.05) is 20.2 Å². The Kier molecular flexibility index (Phi) is 4.55. The predicted molar refractivity (Wildman–Crippen MR) is 72.4 cm³/mol. The first kappa shape index (κ1) is 13.6. The molecule has 0 spiro atoms. The van der Waals surface area contributed by atoms with Gasteiger partial charge in [0, 0.05) is 18.7 Å². The highest BCUT2D eigenvalue weighted by molar-refractivity contribution is 6.42. The smallest absolute Gasteiger partial charge is 0.294 e. The minimum absolute atomic E-state index is 0.393. The highest BCUT2D eigenvalue weighted by Gasteiger charge is 2.23. The lowest BCUT2D eigenvalue weighted by Gasteiger charge is -2.19. The van der Waals surface area contributed by atoms with Crippen LogP contribution in [-0.4, -0.2) is 36.8 Å². The molecule has 0 aliphatic carbocycles. The second kappa shape index (κ2) is 6.36. The fourth-order valence-corrected chi connectivity index (χ4v) is 2.31. The maximum absolute atomic E-state index is 12.2. The van der Waals surface area contributed by atoms with Gasteiger partial charge in [0.15, 0.2) is 0 Å². The number of amides is 1. The lowest BCUT2D eigenvalue weighted by molar-refractivity contribution is -0.126. The first-order chi connectivity index (χ1) is 9.22. The van der Waals surface area contributed by atoms with Gasteiger partial charge < -0.3 is 9.64 Å². The number of rotatable bonds is 3. The Bertz CT molecular complexity index is 462. The highest BCUT2D eigenvalue weighted by atomic mass is 16.5. The third-order valence-electron chi connectivity index (χ3n) is 3.42. The van der Waals surface area contributed by atoms with Gasteiger partial charge in [0.05, 0.1) is 7.11 Å². The average Bonchev–Trinajstić information content (AvgIpc) is 2.75. The lowest BCUT2D eigenvalue weighted by atomic mass is 10.1. The maximum atomic E-state index is 12.2. The molecule has 0 atom stereocenters. The summed E-state index contributed by atoms with van der Waals surface area (Å²) in [7, 11) is 1.54. The highest BCUT2D eigenvalue weighted by Crippen LogP contribution is 2.15. The van der Waals surface area contributed by atoms with Crippen molar-refractivity contribution in [1.29, 1.82) is 0 Å². The standard InChI is InChI=1S/C15H19NO3/c1-19-13-8-6-7-12(11-13)14(17)15(18)16-9-4-2-3-5-10-16/h6-8,11H,2-5,9-10H2,1H3. The van der Waals surface area contributed by atoms with Crippen molar-refractivity contribution in [2.24, 2.45) is 0 Å². The molecular formula is C15H19NO3. The van der Waals surface area contributed by atoms with Gasteiger partial charge in [-0.15, -0.1) is 0 Å². The number of carbonyl (C=O) groups excluding carboxylic acids is 2. The van der Waals surface area contributed by atoms with Crippen molar-refractivity contribution in [3.05, 3.63) is 29.8 Å². The van der Waals surface area contributed by atoms with Crippen molar-refractivity contribution >= 4 is 11.7 Å². The van der Waals surface area contributed by atoms with Crippen LogP contribution in [0.15, 0.2) is 24.3 Å². The monoisotopic (exact) mass is 261 g/mol. The van der Waals surface area contributed by atoms with E-state index in [0.29, 0.717) is 24.4 Å². The SMILES string of the molecule is COc1cccc(C(=O)C(=O)N2CCCCCC2)c1. The van der Waals surface area contributed by atoms with E-state index in [0.717, 1.165) is 25.7 Å². The summed E-state index contributed by atoms with van der Waals surface area (Å²) in [5.74, 6) is -0.245. The number of Topliss-reactive ketones (excluding diaryl/α,β-unsaturated/α-hetero) is 1. The van der Waals surface area contributed by atoms with Gasteiger partial charge in [0.2, 0.25) is 0 Å². The molecule has 1 aliphatic rings. The first-order valence-corrected chi connectivity index (χ1v) is 6.70. The number of benzene rings is 1. The molecule has 4 nitrogen and oxygen atoms in total. The summed E-state index contributed by atoms with van der Waals surface area (Å²) < 4.78 is 5.07. The zero-order valence-corrected chi connectivity index (χ0v) is 11.2. The van der Waals surface area contributed by atoms with E-state index in [-0.39, 0.29) is 0 Å². The molecule has 4 heteroatoms. The van der Waals surface area contributed by atoms with Gasteiger partial charge in [-0.2, -0.15) is 0 Å². The predicted octanol–water partition coefficient (Wildman–Crippen LogP) is 2.28. The van der Waals surface area contributed by atoms with Crippen molar-refractivity contribution in [3.63, 3.8) is 0 Å². The second-order valence-electron chi connectivity index (χ2n) is 4.77. The maximum Gasteiger partial charge on any atom is 0.294 e. The molecular weight excluding hydrogens is 242 g/mol. The van der Waals surface area contributed by atoms with E-state index in [4.69, 9.17) is 4.74 Å². The minimum Gasteiger partial charge on any atom is -0.497 e. The molecule has 2 rings (SSSR count). The molecule has 1 aliphatic heterocycles. The van der Waals surface area contributed by atoms with Crippen LogP contribution in [0.1, 0.15) is 36.0 Å². The van der Waals surface area contributed by atoms with E-state index in [1.807, 2.05) is 0 Å². The number of methoxy groups -OCH3 is 1. The molecule has 102 valence electrons. The lowest BCUT2D eigenvalue weighted by Crippen LogP contribution is -2.37. The van der Waals surface area contributed by atoms with E-state index < -0.39 is 11.7 Å². The third kappa shape index (κ3) is 3.34. The van der Waals surface area contributed by atoms with Crippen molar-refractivity contribution in [3.8, 4) is 5.75 Å². The summed E-state index contributed by atoms with van der Waals surface area (Å²) in [4.78, 5) is 26.0. The second-order valence-corrected chi connectivity index (χ2v) is 4.77. The molecule has 19 heavy (non-hydrogen) atoms. The number of ether oxygens (including phenoxy) is 1. The van der Waals surface area contributed by atoms with Crippen LogP contribution in [0.4, 0.5) is 0 Å². The molecule has 1 saturated heterocycles. The third-order valence-corrected chi connectivity index (χ3v) is 3.42. The minimum atomic E-state index is -0.444. The Morgan fingerprint density at radius 2 is 1.79 bits per heavy atom. The van der Waals surface area contributed by atoms with Crippen LogP contribution in [0.2, 0.25) is 0 Å². The molecule has 1 fully saturated rings. The van der Waals surface area contributed by atoms with Crippen molar-refractivity contribution in [2.45, 2.75) is 25.7 Å². The molecule has 0 unspecified atom stereocenters. The van der Waals surface area contributed by atoms with E-state index in [2.05, 4.69) is 0 Å². The molecule has 0 aromatic heterocycles. The van der Waals surface area contributed by atoms with Gasteiger partial charge in [0.1, 0.15) is 5.75 Å². The van der Waals surface area contributed by atoms with Gasteiger partial charge in [-0.1, -0.05) is 25.0 Å². The van der Waals surface area contributed by atoms with Crippen LogP contribution in [0.3, 0.4) is 0 Å². The molecule has 1 amide bonds. The summed E-state index contributed by atoms with van der Waals surface area (Å²) in [6, 6.07) is 6.74. The molecule has 1 aromatic carbocycles. The van der Waals surface area contributed by atoms with Crippen LogP contribution in [0.5, 0.6) is 5.75 Å². The number of ketones is 1. The van der Waals surface area contributed by atoms with Crippen LogP contribution in [0, 0.1) is 0 Å². The van der Waals surface area contributed by atoms with Crippen molar-refractivity contribution < 1.29 is 14.3 Å². The van der Waals surface area contributed by atoms with Crippen LogP contribution < -0.4 is 4.74 Å². The number of hydrogen-bond donors (Lipinski definition) is 0. The molecule has 0 bridgehead atoms. The number of likely N-dealkylation sites (tertiary alicyclic amines) is 1. The topological polar surface area (TPSA) is 46.6 Å². The Hall–Kier alpha value is -1.84. The Morgan fingerprint density at radius 3 is 2.42 bits per heavy atom. The summed E-state index contributed by atoms with van der Waals surface area (Å²) in [5, 5.41) is 0. The molecule has 0 saturated carbocycles. The largest absolute Gasteiger partial charge is 0.497 e. The summed E-state index contributed by atoms with van der Waals surface area (Å²) >= 11 is 0. The zero-order chi connectivity index (χ0) is 13.7. The van der Waals surface area contributed by atoms with Gasteiger partial charge in [0.25, 0.3) is 11.7 Å². The fraction of sp³-hybridized carbons (Fsp3) is 0.467. The molecule has 1 aromatic rings. The first-order valence-electron chi connectivity index (χ1n) is 6.70. The average molecular weight is 261 g/mol. The van der Waals surface area contributed by atoms with Crippen LogP contribution >= 0.6 is 0 Å². The Balaban J connectivity index is 2.11. The Labute approximate surface area is 113 Å². The zero-order valence-electron chi connectivity index (χ0n) is 11.2. The Morgan fingerprint density at radius 1 is 1.11 bits per heavy atom. The van der Waals surface area contributed by atoms with Gasteiger partial charge in [-0.25, -0.2) is 0 Å². The molecule has 1 heterocycles. The van der Waals surface area contributed by atoms with Gasteiger partial charge in [-0.3, -0.25) is 9.59 Å². The van der Waals surface area contributed by atoms with Gasteiger partial charge >= 0.3 is 0 Å². The van der Waals surface area contributed by atoms with Crippen LogP contribution in [0.25, 0.3) is 0 Å². The van der Waals surface area contributed by atoms with Crippen LogP contribution in [-0.2, 0) is 4.79 Å². The van der Waals surface area contributed by atoms with E-state index in [1.165, 1.54) is 0 Å². The number of hydrogen-bond acceptors (Lipinski definition) is 3. The fourth-order valence-electron chi connectivity index (χ4n) is 2.31. The normalized spacial score (nSPS) is 15.7. The van der Waals surface area contributed by atoms with E-state index in [1.54, 1.807) is 36.3 Å². The number of nitrogens with zero attached hydrogens (tertiary/aromatic N) is 1.